The number of halogens is 1. The van der Waals surface area contributed by atoms with Crippen molar-refractivity contribution >= 4 is 11.0 Å². The Bertz CT molecular complexity index is 897. The van der Waals surface area contributed by atoms with Gasteiger partial charge in [0.25, 0.3) is 0 Å². The molecule has 5 heteroatoms. The van der Waals surface area contributed by atoms with E-state index in [-0.39, 0.29) is 5.82 Å². The number of aromatic nitrogens is 2. The van der Waals surface area contributed by atoms with Crippen molar-refractivity contribution in [1.82, 2.24) is 14.5 Å². The Kier molecular flexibility index (Phi) is 5.50. The fourth-order valence-electron chi connectivity index (χ4n) is 3.49. The number of para-hydroxylation sites is 2. The summed E-state index contributed by atoms with van der Waals surface area (Å²) in [6.07, 6.45) is 4.13. The zero-order chi connectivity index (χ0) is 18.6. The fourth-order valence-corrected chi connectivity index (χ4v) is 3.49. The topological polar surface area (TPSA) is 30.3 Å². The molecule has 0 spiro atoms. The molecule has 0 atom stereocenters. The normalized spacial score (nSPS) is 17.6. The van der Waals surface area contributed by atoms with Gasteiger partial charge in [-0.05, 0) is 48.1 Å². The van der Waals surface area contributed by atoms with Gasteiger partial charge in [-0.25, -0.2) is 9.37 Å². The van der Waals surface area contributed by atoms with E-state index in [2.05, 4.69) is 22.0 Å². The van der Waals surface area contributed by atoms with Crippen molar-refractivity contribution < 1.29 is 9.13 Å². The highest BCUT2D eigenvalue weighted by Gasteiger charge is 2.26. The number of morpholine rings is 1. The van der Waals surface area contributed by atoms with E-state index < -0.39 is 0 Å². The van der Waals surface area contributed by atoms with Gasteiger partial charge in [0, 0.05) is 26.7 Å². The number of hydrogen-bond donors (Lipinski definition) is 0. The third-order valence-electron chi connectivity index (χ3n) is 5.22. The number of benzene rings is 2. The summed E-state index contributed by atoms with van der Waals surface area (Å²) in [7, 11) is 2.00. The van der Waals surface area contributed by atoms with Gasteiger partial charge in [0.2, 0.25) is 0 Å². The number of fused-ring (bicyclic) bond motifs is 1. The highest BCUT2D eigenvalue weighted by atomic mass is 19.1. The van der Waals surface area contributed by atoms with Crippen molar-refractivity contribution in [2.75, 3.05) is 26.3 Å². The third kappa shape index (κ3) is 4.54. The first-order chi connectivity index (χ1) is 13.2. The molecule has 0 radical (unpaired) electrons. The molecule has 3 aromatic rings. The summed E-state index contributed by atoms with van der Waals surface area (Å²) in [6, 6.07) is 13.8. The minimum absolute atomic E-state index is 0.0155. The first-order valence-electron chi connectivity index (χ1n) is 9.65. The van der Waals surface area contributed by atoms with Gasteiger partial charge in [-0.1, -0.05) is 24.3 Å². The molecular weight excluding hydrogens is 341 g/mol. The summed E-state index contributed by atoms with van der Waals surface area (Å²) in [6.45, 7) is 4.33. The van der Waals surface area contributed by atoms with Gasteiger partial charge in [0.15, 0.2) is 0 Å². The van der Waals surface area contributed by atoms with Crippen LogP contribution in [0, 0.1) is 5.82 Å². The lowest BCUT2D eigenvalue weighted by Crippen LogP contribution is -2.35. The van der Waals surface area contributed by atoms with Crippen molar-refractivity contribution in [3.63, 3.8) is 0 Å². The van der Waals surface area contributed by atoms with Gasteiger partial charge in [-0.3, -0.25) is 4.90 Å². The number of nitrogens with zero attached hydrogens (tertiary/aromatic N) is 3. The molecule has 2 aromatic carbocycles. The molecule has 142 valence electrons. The van der Waals surface area contributed by atoms with E-state index in [1.165, 1.54) is 5.52 Å². The Hall–Kier alpha value is -2.24. The SMILES string of the molecule is Cn1cnc2ccccc21.Fc1cc(CN2CCOCC2)ccc1C1CC1. The number of aryl methyl sites for hydroxylation is 1. The number of ether oxygens (including phenoxy) is 1. The summed E-state index contributed by atoms with van der Waals surface area (Å²) in [5, 5.41) is 0. The monoisotopic (exact) mass is 367 g/mol. The number of hydrogen-bond acceptors (Lipinski definition) is 3. The van der Waals surface area contributed by atoms with Crippen molar-refractivity contribution in [1.29, 1.82) is 0 Å². The smallest absolute Gasteiger partial charge is 0.127 e. The van der Waals surface area contributed by atoms with Crippen LogP contribution < -0.4 is 0 Å². The minimum Gasteiger partial charge on any atom is -0.379 e. The Balaban J connectivity index is 0.000000153. The molecule has 0 amide bonds. The second-order valence-corrected chi connectivity index (χ2v) is 7.36. The second-order valence-electron chi connectivity index (χ2n) is 7.36. The van der Waals surface area contributed by atoms with Gasteiger partial charge in [0.1, 0.15) is 5.82 Å². The maximum absolute atomic E-state index is 13.9. The molecule has 1 aliphatic carbocycles. The molecule has 5 rings (SSSR count). The van der Waals surface area contributed by atoms with Crippen LogP contribution in [-0.4, -0.2) is 40.8 Å². The maximum Gasteiger partial charge on any atom is 0.127 e. The Morgan fingerprint density at radius 2 is 1.89 bits per heavy atom. The Labute approximate surface area is 159 Å². The van der Waals surface area contributed by atoms with Crippen LogP contribution >= 0.6 is 0 Å². The molecule has 0 unspecified atom stereocenters. The van der Waals surface area contributed by atoms with Crippen molar-refractivity contribution in [3.8, 4) is 0 Å². The standard InChI is InChI=1S/C14H18FNO.C8H8N2/c15-14-9-11(1-4-13(14)12-2-3-12)10-16-5-7-17-8-6-16;1-10-6-9-7-4-2-3-5-8(7)10/h1,4,9,12H,2-3,5-8,10H2;2-6H,1H3. The summed E-state index contributed by atoms with van der Waals surface area (Å²) in [5.41, 5.74) is 4.23. The highest BCUT2D eigenvalue weighted by molar-refractivity contribution is 5.74. The van der Waals surface area contributed by atoms with E-state index in [0.29, 0.717) is 5.92 Å². The lowest BCUT2D eigenvalue weighted by molar-refractivity contribution is 0.0341. The van der Waals surface area contributed by atoms with E-state index in [1.54, 1.807) is 6.07 Å². The zero-order valence-corrected chi connectivity index (χ0v) is 15.8. The summed E-state index contributed by atoms with van der Waals surface area (Å²) in [5.74, 6) is 0.477. The minimum atomic E-state index is -0.0155. The Morgan fingerprint density at radius 3 is 2.59 bits per heavy atom. The van der Waals surface area contributed by atoms with Crippen LogP contribution in [0.3, 0.4) is 0 Å². The van der Waals surface area contributed by atoms with Crippen LogP contribution in [-0.2, 0) is 18.3 Å². The van der Waals surface area contributed by atoms with E-state index in [9.17, 15) is 4.39 Å². The van der Waals surface area contributed by atoms with Crippen LogP contribution in [0.1, 0.15) is 29.9 Å². The van der Waals surface area contributed by atoms with Gasteiger partial charge in [-0.2, -0.15) is 0 Å². The van der Waals surface area contributed by atoms with E-state index in [1.807, 2.05) is 42.2 Å². The molecule has 2 fully saturated rings. The van der Waals surface area contributed by atoms with Gasteiger partial charge in [-0.15, -0.1) is 0 Å². The molecule has 1 saturated carbocycles. The van der Waals surface area contributed by atoms with Crippen LogP contribution in [0.2, 0.25) is 0 Å². The second kappa shape index (κ2) is 8.19. The fraction of sp³-hybridized carbons (Fsp3) is 0.409. The molecule has 1 saturated heterocycles. The largest absolute Gasteiger partial charge is 0.379 e. The van der Waals surface area contributed by atoms with Crippen LogP contribution in [0.15, 0.2) is 48.8 Å². The number of rotatable bonds is 3. The molecule has 0 bridgehead atoms. The summed E-state index contributed by atoms with van der Waals surface area (Å²) >= 11 is 0. The highest BCUT2D eigenvalue weighted by Crippen LogP contribution is 2.41. The maximum atomic E-state index is 13.9. The first-order valence-corrected chi connectivity index (χ1v) is 9.65. The van der Waals surface area contributed by atoms with Crippen LogP contribution in [0.4, 0.5) is 4.39 Å². The average molecular weight is 367 g/mol. The van der Waals surface area contributed by atoms with E-state index in [4.69, 9.17) is 4.74 Å². The lowest BCUT2D eigenvalue weighted by atomic mass is 10.1. The molecule has 0 N–H and O–H groups in total. The Morgan fingerprint density at radius 1 is 1.11 bits per heavy atom. The van der Waals surface area contributed by atoms with Gasteiger partial charge >= 0.3 is 0 Å². The molecule has 27 heavy (non-hydrogen) atoms. The van der Waals surface area contributed by atoms with E-state index in [0.717, 1.165) is 62.3 Å². The van der Waals surface area contributed by atoms with E-state index >= 15 is 0 Å². The molecule has 1 aliphatic heterocycles. The quantitative estimate of drug-likeness (QED) is 0.698. The predicted molar refractivity (Wildman–Crippen MR) is 105 cm³/mol. The first kappa shape index (κ1) is 18.1. The third-order valence-corrected chi connectivity index (χ3v) is 5.22. The molecule has 2 aliphatic rings. The molecule has 1 aromatic heterocycles. The van der Waals surface area contributed by atoms with Gasteiger partial charge < -0.3 is 9.30 Å². The van der Waals surface area contributed by atoms with Gasteiger partial charge in [0.05, 0.1) is 30.6 Å². The zero-order valence-electron chi connectivity index (χ0n) is 15.8. The number of imidazole rings is 1. The lowest BCUT2D eigenvalue weighted by Gasteiger charge is -2.26. The average Bonchev–Trinajstić information content (AvgIpc) is 3.46. The molecule has 2 heterocycles. The van der Waals surface area contributed by atoms with Crippen molar-refractivity contribution in [2.24, 2.45) is 7.05 Å². The predicted octanol–water partition coefficient (Wildman–Crippen LogP) is 4.11. The summed E-state index contributed by atoms with van der Waals surface area (Å²) < 4.78 is 21.2. The van der Waals surface area contributed by atoms with Crippen molar-refractivity contribution in [3.05, 3.63) is 65.7 Å². The summed E-state index contributed by atoms with van der Waals surface area (Å²) in [4.78, 5) is 6.50. The van der Waals surface area contributed by atoms with Crippen molar-refractivity contribution in [2.45, 2.75) is 25.3 Å². The molecule has 4 nitrogen and oxygen atoms in total. The van der Waals surface area contributed by atoms with Crippen LogP contribution in [0.25, 0.3) is 11.0 Å². The molecular formula is C22H26FN3O. The van der Waals surface area contributed by atoms with Crippen LogP contribution in [0.5, 0.6) is 0 Å².